The molecule has 2 rings (SSSR count). The van der Waals surface area contributed by atoms with Crippen LogP contribution in [0, 0.1) is 11.8 Å². The molecule has 2 aliphatic rings. The minimum atomic E-state index is -4.20. The predicted octanol–water partition coefficient (Wildman–Crippen LogP) is 7.72. The van der Waals surface area contributed by atoms with Gasteiger partial charge >= 0.3 is 158 Å². The Balaban J connectivity index is 0.00000338. The van der Waals surface area contributed by atoms with Crippen LogP contribution in [0.3, 0.4) is 0 Å². The normalized spacial score (nSPS) is 23.1. The summed E-state index contributed by atoms with van der Waals surface area (Å²) in [6, 6.07) is 0. The summed E-state index contributed by atoms with van der Waals surface area (Å²) in [7, 11) is 0. The molecule has 0 saturated carbocycles. The Kier molecular flexibility index (Phi) is 9.29. The van der Waals surface area contributed by atoms with Crippen LogP contribution in [0.25, 0.3) is 0 Å². The molecule has 2 aliphatic carbocycles. The van der Waals surface area contributed by atoms with Crippen LogP contribution in [-0.4, -0.2) is 9.38 Å². The van der Waals surface area contributed by atoms with Crippen molar-refractivity contribution in [1.29, 1.82) is 0 Å². The molecular weight excluding hydrogens is 471 g/mol. The predicted molar refractivity (Wildman–Crippen MR) is 112 cm³/mol. The van der Waals surface area contributed by atoms with Crippen LogP contribution < -0.4 is 0 Å². The van der Waals surface area contributed by atoms with Gasteiger partial charge in [0.05, 0.1) is 0 Å². The van der Waals surface area contributed by atoms with E-state index in [1.807, 2.05) is 13.8 Å². The Labute approximate surface area is 182 Å². The molecule has 0 amide bonds. The standard InChI is InChI=1S/2C9H13.C3H3F3.2ClH.Zr/c2*1-6-5-7(2)9(4)8(6)3;1-2-3(4,5)6;;;/h2*6H,1-4H3;1H3;2*1H;. The van der Waals surface area contributed by atoms with E-state index < -0.39 is 27.4 Å². The summed E-state index contributed by atoms with van der Waals surface area (Å²) < 4.78 is 43.6. The minimum Gasteiger partial charge on any atom is -0.147 e. The van der Waals surface area contributed by atoms with Crippen molar-refractivity contribution in [2.75, 3.05) is 0 Å². The molecule has 0 aromatic carbocycles. The van der Waals surface area contributed by atoms with Crippen molar-refractivity contribution in [1.82, 2.24) is 0 Å². The molecule has 27 heavy (non-hydrogen) atoms. The molecule has 0 bridgehead atoms. The number of alkyl halides is 3. The van der Waals surface area contributed by atoms with Gasteiger partial charge in [0.2, 0.25) is 0 Å². The molecule has 0 spiro atoms. The molecule has 0 radical (unpaired) electrons. The molecule has 0 aromatic heterocycles. The van der Waals surface area contributed by atoms with Gasteiger partial charge in [0.15, 0.2) is 0 Å². The van der Waals surface area contributed by atoms with Gasteiger partial charge in [-0.2, -0.15) is 0 Å². The van der Waals surface area contributed by atoms with Crippen LogP contribution in [0.15, 0.2) is 40.0 Å². The van der Waals surface area contributed by atoms with Crippen LogP contribution >= 0.6 is 24.8 Å². The minimum absolute atomic E-state index is 0. The third-order valence-electron chi connectivity index (χ3n) is 6.62. The van der Waals surface area contributed by atoms with Gasteiger partial charge in [-0.15, -0.1) is 24.8 Å². The van der Waals surface area contributed by atoms with E-state index in [9.17, 15) is 13.2 Å². The summed E-state index contributed by atoms with van der Waals surface area (Å²) in [5.74, 6) is 0.279. The number of allylic oxidation sites excluding steroid dienone is 8. The summed E-state index contributed by atoms with van der Waals surface area (Å²) in [4.78, 5) is 0. The quantitative estimate of drug-likeness (QED) is 0.363. The smallest absolute Gasteiger partial charge is 0.147 e. The molecule has 0 aromatic rings. The molecule has 154 valence electrons. The first kappa shape index (κ1) is 27.1. The monoisotopic (exact) mass is 500 g/mol. The van der Waals surface area contributed by atoms with E-state index in [-0.39, 0.29) is 39.9 Å². The molecule has 2 unspecified atom stereocenters. The van der Waals surface area contributed by atoms with Crippen molar-refractivity contribution in [2.45, 2.75) is 68.5 Å². The number of rotatable bonds is 2. The molecule has 0 aliphatic heterocycles. The second kappa shape index (κ2) is 9.27. The summed E-state index contributed by atoms with van der Waals surface area (Å²) in [6.45, 7) is 17.9. The first-order valence-electron chi connectivity index (χ1n) is 8.88. The molecule has 6 heteroatoms. The van der Waals surface area contributed by atoms with Crippen LogP contribution in [0.2, 0.25) is 0 Å². The molecule has 0 N–H and O–H groups in total. The van der Waals surface area contributed by atoms with Crippen LogP contribution in [0.5, 0.6) is 0 Å². The van der Waals surface area contributed by atoms with E-state index in [0.29, 0.717) is 0 Å². The van der Waals surface area contributed by atoms with Gasteiger partial charge in [-0.05, 0) is 0 Å². The Morgan fingerprint density at radius 3 is 1.19 bits per heavy atom. The summed E-state index contributed by atoms with van der Waals surface area (Å²) >= 11 is -3.23. The van der Waals surface area contributed by atoms with Gasteiger partial charge in [0, 0.05) is 0 Å². The SMILES string of the molecule is CC1=C(C)C(C)[C]([Zr]([C]2=C(C)C(C)=C(C)C2C)=[C](C)C(F)(F)F)=C1C.Cl.Cl. The number of hydrogen-bond acceptors (Lipinski definition) is 0. The zero-order chi connectivity index (χ0) is 19.4. The maximum Gasteiger partial charge on any atom is -0.147 e. The average molecular weight is 503 g/mol. The fraction of sp³-hybridized carbons (Fsp3) is 0.571. The molecule has 0 fully saturated rings. The van der Waals surface area contributed by atoms with E-state index in [1.54, 1.807) is 0 Å². The van der Waals surface area contributed by atoms with E-state index in [4.69, 9.17) is 0 Å². The zero-order valence-electron chi connectivity index (χ0n) is 17.6. The van der Waals surface area contributed by atoms with Crippen LogP contribution in [0.1, 0.15) is 62.3 Å². The van der Waals surface area contributed by atoms with Gasteiger partial charge < -0.3 is 0 Å². The maximum atomic E-state index is 13.8. The summed E-state index contributed by atoms with van der Waals surface area (Å²) in [5, 5.41) is 0. The first-order chi connectivity index (χ1) is 11.3. The molecule has 0 heterocycles. The molecular formula is C21H31Cl2F3Zr. The fourth-order valence-electron chi connectivity index (χ4n) is 4.23. The van der Waals surface area contributed by atoms with Gasteiger partial charge in [0.25, 0.3) is 0 Å². The molecule has 0 saturated heterocycles. The van der Waals surface area contributed by atoms with Gasteiger partial charge in [-0.1, -0.05) is 0 Å². The van der Waals surface area contributed by atoms with Crippen LogP contribution in [-0.2, 0) is 21.3 Å². The van der Waals surface area contributed by atoms with Crippen molar-refractivity contribution >= 4 is 28.0 Å². The number of halogens is 5. The Morgan fingerprint density at radius 1 is 0.704 bits per heavy atom. The van der Waals surface area contributed by atoms with E-state index in [1.165, 1.54) is 29.2 Å². The van der Waals surface area contributed by atoms with Crippen molar-refractivity contribution in [3.05, 3.63) is 40.0 Å². The fourth-order valence-corrected chi connectivity index (χ4v) is 13.6. The first-order valence-corrected chi connectivity index (χ1v) is 12.6. The second-order valence-corrected chi connectivity index (χ2v) is 14.0. The van der Waals surface area contributed by atoms with E-state index in [0.717, 1.165) is 17.7 Å². The Bertz CT molecular complexity index is 739. The topological polar surface area (TPSA) is 0 Å². The second-order valence-electron chi connectivity index (χ2n) is 7.63. The van der Waals surface area contributed by atoms with Gasteiger partial charge in [-0.3, -0.25) is 0 Å². The van der Waals surface area contributed by atoms with Crippen molar-refractivity contribution < 1.29 is 34.4 Å². The summed E-state index contributed by atoms with van der Waals surface area (Å²) in [5.41, 5.74) is 7.12. The largest absolute Gasteiger partial charge is 0.147 e. The third-order valence-corrected chi connectivity index (χ3v) is 15.8. The number of hydrogen-bond donors (Lipinski definition) is 0. The zero-order valence-corrected chi connectivity index (χ0v) is 21.7. The maximum absolute atomic E-state index is 13.8. The van der Waals surface area contributed by atoms with Crippen molar-refractivity contribution in [3.63, 3.8) is 0 Å². The van der Waals surface area contributed by atoms with Crippen LogP contribution in [0.4, 0.5) is 13.2 Å². The third kappa shape index (κ3) is 4.48. The Hall–Kier alpha value is 0.0831. The van der Waals surface area contributed by atoms with Gasteiger partial charge in [0.1, 0.15) is 0 Å². The summed E-state index contributed by atoms with van der Waals surface area (Å²) in [6.07, 6.45) is -4.20. The van der Waals surface area contributed by atoms with E-state index in [2.05, 4.69) is 41.5 Å². The molecule has 2 atom stereocenters. The molecule has 0 nitrogen and oxygen atoms in total. The van der Waals surface area contributed by atoms with Crippen molar-refractivity contribution in [2.24, 2.45) is 11.8 Å². The Morgan fingerprint density at radius 2 is 1.00 bits per heavy atom. The van der Waals surface area contributed by atoms with E-state index >= 15 is 0 Å². The average Bonchev–Trinajstić information content (AvgIpc) is 2.83. The van der Waals surface area contributed by atoms with Gasteiger partial charge in [-0.25, -0.2) is 0 Å². The van der Waals surface area contributed by atoms with Crippen molar-refractivity contribution in [3.8, 4) is 0 Å².